The van der Waals surface area contributed by atoms with Gasteiger partial charge in [0.15, 0.2) is 87.8 Å². The van der Waals surface area contributed by atoms with Gasteiger partial charge in [-0.05, 0) is 36.4 Å². The molecule has 68 heavy (non-hydrogen) atoms. The lowest BCUT2D eigenvalue weighted by Crippen LogP contribution is -2.62. The highest BCUT2D eigenvalue weighted by Crippen LogP contribution is 2.54. The first-order chi connectivity index (χ1) is 31.9. The Morgan fingerprint density at radius 1 is 0.529 bits per heavy atom. The van der Waals surface area contributed by atoms with Crippen molar-refractivity contribution in [2.45, 2.75) is 30.7 Å². The summed E-state index contributed by atoms with van der Waals surface area (Å²) < 4.78 is 32.5. The highest BCUT2D eigenvalue weighted by molar-refractivity contribution is 6.08. The summed E-state index contributed by atoms with van der Waals surface area (Å²) in [4.78, 5) is 67.3. The van der Waals surface area contributed by atoms with Gasteiger partial charge in [0.1, 0.15) is 18.3 Å². The van der Waals surface area contributed by atoms with Crippen molar-refractivity contribution in [2.24, 2.45) is 0 Å². The predicted molar refractivity (Wildman–Crippen MR) is 210 cm³/mol. The van der Waals surface area contributed by atoms with Crippen molar-refractivity contribution in [3.8, 4) is 103 Å². The Labute approximate surface area is 374 Å². The van der Waals surface area contributed by atoms with Gasteiger partial charge in [0.25, 0.3) is 0 Å². The molecule has 7 rings (SSSR count). The van der Waals surface area contributed by atoms with Crippen LogP contribution in [0.15, 0.2) is 42.5 Å². The summed E-state index contributed by atoms with van der Waals surface area (Å²) >= 11 is 0. The zero-order chi connectivity index (χ0) is 50.0. The second-order valence-electron chi connectivity index (χ2n) is 14.4. The summed E-state index contributed by atoms with van der Waals surface area (Å²) in [7, 11) is 0. The van der Waals surface area contributed by atoms with E-state index in [2.05, 4.69) is 0 Å². The van der Waals surface area contributed by atoms with Crippen LogP contribution in [-0.2, 0) is 23.7 Å². The largest absolute Gasteiger partial charge is 0.504 e. The fourth-order valence-corrected chi connectivity index (χ4v) is 6.87. The molecule has 27 heteroatoms. The van der Waals surface area contributed by atoms with Crippen LogP contribution in [-0.4, -0.2) is 149 Å². The van der Waals surface area contributed by atoms with E-state index in [1.54, 1.807) is 0 Å². The van der Waals surface area contributed by atoms with Gasteiger partial charge in [-0.15, -0.1) is 0 Å². The predicted octanol–water partition coefficient (Wildman–Crippen LogP) is 1.59. The second-order valence-corrected chi connectivity index (χ2v) is 14.4. The van der Waals surface area contributed by atoms with Crippen molar-refractivity contribution < 1.29 is 134 Å². The minimum absolute atomic E-state index is 0.417. The first-order valence-electron chi connectivity index (χ1n) is 18.6. The number of phenolic OH excluding ortho intramolecular Hbond substituents is 14. The maximum Gasteiger partial charge on any atom is 0.339 e. The molecule has 0 aromatic heterocycles. The number of phenols is 14. The van der Waals surface area contributed by atoms with Gasteiger partial charge in [0, 0.05) is 17.2 Å². The van der Waals surface area contributed by atoms with Gasteiger partial charge < -0.3 is 110 Å². The number of benzene rings is 5. The monoisotopic (exact) mass is 954 g/mol. The molecule has 2 heterocycles. The molecule has 2 aliphatic rings. The molecule has 0 amide bonds. The van der Waals surface area contributed by atoms with Crippen LogP contribution in [0.5, 0.6) is 92.0 Å². The third-order valence-corrected chi connectivity index (χ3v) is 10.2. The molecule has 0 spiro atoms. The summed E-state index contributed by atoms with van der Waals surface area (Å²) in [6.07, 6.45) is -11.9. The minimum atomic E-state index is -2.53. The van der Waals surface area contributed by atoms with Crippen molar-refractivity contribution >= 4 is 29.8 Å². The van der Waals surface area contributed by atoms with E-state index in [9.17, 15) is 106 Å². The van der Waals surface area contributed by atoms with Crippen molar-refractivity contribution in [1.29, 1.82) is 0 Å². The van der Waals surface area contributed by atoms with E-state index in [1.807, 2.05) is 0 Å². The number of rotatable bonds is 8. The lowest BCUT2D eigenvalue weighted by molar-refractivity contribution is -0.284. The number of carbonyl (C=O) groups excluding carboxylic acids is 4. The highest BCUT2D eigenvalue weighted by Gasteiger charge is 2.54. The molecule has 27 nitrogen and oxygen atoms in total. The number of carbonyl (C=O) groups is 5. The van der Waals surface area contributed by atoms with Crippen molar-refractivity contribution in [3.63, 3.8) is 0 Å². The summed E-state index contributed by atoms with van der Waals surface area (Å²) in [5, 5.41) is 166. The summed E-state index contributed by atoms with van der Waals surface area (Å²) in [6, 6.07) is 3.56. The molecular formula is C41H30O27. The molecule has 0 aliphatic carbocycles. The molecule has 0 saturated carbocycles. The van der Waals surface area contributed by atoms with Crippen molar-refractivity contribution in [2.75, 3.05) is 6.61 Å². The van der Waals surface area contributed by atoms with Gasteiger partial charge in [-0.25, -0.2) is 24.0 Å². The lowest BCUT2D eigenvalue weighted by atomic mass is 9.91. The van der Waals surface area contributed by atoms with Crippen LogP contribution < -0.4 is 4.74 Å². The van der Waals surface area contributed by atoms with Crippen LogP contribution in [0, 0.1) is 0 Å². The van der Waals surface area contributed by atoms with Gasteiger partial charge >= 0.3 is 29.8 Å². The summed E-state index contributed by atoms with van der Waals surface area (Å²) in [5.41, 5.74) is -6.78. The maximum atomic E-state index is 14.2. The lowest BCUT2D eigenvalue weighted by Gasteiger charge is -2.43. The number of aromatic hydroxyl groups is 14. The number of fused-ring (bicyclic) bond motifs is 4. The topological polar surface area (TPSA) is 464 Å². The van der Waals surface area contributed by atoms with E-state index in [0.717, 1.165) is 0 Å². The Hall–Kier alpha value is -9.63. The van der Waals surface area contributed by atoms with E-state index in [4.69, 9.17) is 28.4 Å². The number of esters is 4. The van der Waals surface area contributed by atoms with Crippen LogP contribution in [0.4, 0.5) is 0 Å². The number of aliphatic hydroxyl groups is 1. The molecular weight excluding hydrogens is 924 g/mol. The zero-order valence-electron chi connectivity index (χ0n) is 33.3. The first-order valence-corrected chi connectivity index (χ1v) is 18.6. The summed E-state index contributed by atoms with van der Waals surface area (Å²) in [6.45, 7) is -1.20. The molecule has 0 radical (unpaired) electrons. The van der Waals surface area contributed by atoms with E-state index in [0.29, 0.717) is 42.5 Å². The Morgan fingerprint density at radius 3 is 1.51 bits per heavy atom. The van der Waals surface area contributed by atoms with E-state index in [1.165, 1.54) is 0 Å². The minimum Gasteiger partial charge on any atom is -0.504 e. The average Bonchev–Trinajstić information content (AvgIpc) is 3.28. The first kappa shape index (κ1) is 46.4. The van der Waals surface area contributed by atoms with Gasteiger partial charge in [-0.3, -0.25) is 0 Å². The normalized spacial score (nSPS) is 18.7. The third kappa shape index (κ3) is 7.96. The fourth-order valence-electron chi connectivity index (χ4n) is 6.87. The van der Waals surface area contributed by atoms with E-state index >= 15 is 0 Å². The molecule has 5 aromatic rings. The third-order valence-electron chi connectivity index (χ3n) is 10.2. The Balaban J connectivity index is 1.35. The molecule has 1 fully saturated rings. The van der Waals surface area contributed by atoms with Gasteiger partial charge in [0.2, 0.25) is 28.7 Å². The summed E-state index contributed by atoms with van der Waals surface area (Å²) in [5.74, 6) is -28.2. The van der Waals surface area contributed by atoms with Crippen LogP contribution in [0.3, 0.4) is 0 Å². The van der Waals surface area contributed by atoms with Crippen LogP contribution in [0.1, 0.15) is 51.8 Å². The quantitative estimate of drug-likeness (QED) is 0.0596. The SMILES string of the molecule is O=C(OC[C@@H]1O[C@@H](O)[C@H]2OC(=O)c3cc(O)c(O)c(O)c3-c3c(cc(O)c(O)c3O)C(=O)O[C@@H]2[C@@H]1OC(=O)c1cc(O)c(O)c(Oc2c(C(=O)O)cc(O)c(O)c2O)c1)c1cc(O)c(O)c(O)c1. The molecule has 5 aromatic carbocycles. The Kier molecular flexibility index (Phi) is 11.6. The van der Waals surface area contributed by atoms with Crippen LogP contribution in [0.2, 0.25) is 0 Å². The number of hydrogen-bond acceptors (Lipinski definition) is 26. The molecule has 0 unspecified atom stereocenters. The van der Waals surface area contributed by atoms with Gasteiger partial charge in [0.05, 0.1) is 22.3 Å². The van der Waals surface area contributed by atoms with Crippen molar-refractivity contribution in [1.82, 2.24) is 0 Å². The average molecular weight is 955 g/mol. The molecule has 16 N–H and O–H groups in total. The van der Waals surface area contributed by atoms with Crippen LogP contribution in [0.25, 0.3) is 11.1 Å². The molecule has 2 aliphatic heterocycles. The number of ether oxygens (including phenoxy) is 6. The van der Waals surface area contributed by atoms with Gasteiger partial charge in [-0.2, -0.15) is 0 Å². The number of hydrogen-bond donors (Lipinski definition) is 16. The second kappa shape index (κ2) is 17.1. The standard InChI is InChI=1S/C41H30O27/c42-14-1-9(2-15(43)24(14)48)37(58)63-8-21-33(66-38(59)10-3-16(44)25(49)20(4-10)64-32-13(36(56)57)7-19(47)28(52)31(32)55)34-35(41(62)65-21)68-40(61)12-6-18(46)27(51)30(54)23(12)22-11(39(60)67-34)5-17(45)26(50)29(22)53/h1-7,21,33-35,41-55,62H,8H2,(H,56,57)/t21-,33+,34+,35-,41+/m0/s1. The zero-order valence-corrected chi connectivity index (χ0v) is 33.3. The van der Waals surface area contributed by atoms with E-state index < -0.39 is 198 Å². The van der Waals surface area contributed by atoms with Gasteiger partial charge in [-0.1, -0.05) is 0 Å². The number of aromatic carboxylic acids is 1. The number of carboxylic acids is 1. The maximum absolute atomic E-state index is 14.2. The number of carboxylic acid groups (broad SMARTS) is 1. The number of aliphatic hydroxyl groups excluding tert-OH is 1. The smallest absolute Gasteiger partial charge is 0.339 e. The van der Waals surface area contributed by atoms with Crippen molar-refractivity contribution in [3.05, 3.63) is 70.3 Å². The molecule has 0 bridgehead atoms. The Bertz CT molecular complexity index is 2970. The van der Waals surface area contributed by atoms with Crippen LogP contribution >= 0.6 is 0 Å². The molecule has 1 saturated heterocycles. The Morgan fingerprint density at radius 2 is 0.985 bits per heavy atom. The molecule has 356 valence electrons. The van der Waals surface area contributed by atoms with E-state index in [-0.39, 0.29) is 0 Å². The fraction of sp³-hybridized carbons (Fsp3) is 0.146. The molecule has 5 atom stereocenters. The highest BCUT2D eigenvalue weighted by atomic mass is 16.7.